The van der Waals surface area contributed by atoms with Crippen molar-refractivity contribution in [3.05, 3.63) is 48.2 Å². The lowest BCUT2D eigenvalue weighted by molar-refractivity contribution is -0.154. The summed E-state index contributed by atoms with van der Waals surface area (Å²) in [5.74, 6) is 2.02. The molecule has 9 nitrogen and oxygen atoms in total. The van der Waals surface area contributed by atoms with Gasteiger partial charge in [0.25, 0.3) is 5.91 Å². The molecule has 0 aromatic heterocycles. The third-order valence-electron chi connectivity index (χ3n) is 10.1. The molecule has 0 radical (unpaired) electrons. The fraction of sp³-hybridized carbons (Fsp3) is 0.667. The number of esters is 1. The molecule has 3 atom stereocenters. The Morgan fingerprint density at radius 2 is 1.67 bits per heavy atom. The number of amides is 2. The lowest BCUT2D eigenvalue weighted by Gasteiger charge is -2.39. The summed E-state index contributed by atoms with van der Waals surface area (Å²) in [7, 11) is -2.20. The maximum absolute atomic E-state index is 13.4. The number of hydrogen-bond donors (Lipinski definition) is 1. The molecule has 3 rings (SSSR count). The van der Waals surface area contributed by atoms with Crippen molar-refractivity contribution in [2.45, 2.75) is 160 Å². The summed E-state index contributed by atoms with van der Waals surface area (Å²) in [6.45, 7) is 13.6. The number of ether oxygens (including phenoxy) is 1. The summed E-state index contributed by atoms with van der Waals surface area (Å²) in [5.41, 5.74) is 0.112. The van der Waals surface area contributed by atoms with Gasteiger partial charge in [-0.3, -0.25) is 9.59 Å². The second-order valence-corrected chi connectivity index (χ2v) is 19.8. The predicted octanol–water partition coefficient (Wildman–Crippen LogP) is 8.72. The van der Waals surface area contributed by atoms with Crippen molar-refractivity contribution in [1.82, 2.24) is 10.2 Å². The Morgan fingerprint density at radius 3 is 2.29 bits per heavy atom. The second kappa shape index (κ2) is 19.2. The van der Waals surface area contributed by atoms with Crippen molar-refractivity contribution in [2.24, 2.45) is 10.2 Å². The quantitative estimate of drug-likeness (QED) is 0.0566. The summed E-state index contributed by atoms with van der Waals surface area (Å²) < 4.78 is 12.8. The highest BCUT2D eigenvalue weighted by atomic mass is 28.4. The number of rotatable bonds is 22. The number of nitrogens with zero attached hydrogens (tertiary/aromatic N) is 3. The van der Waals surface area contributed by atoms with Gasteiger partial charge in [-0.15, -0.1) is 12.3 Å². The summed E-state index contributed by atoms with van der Waals surface area (Å²) in [6.07, 6.45) is 19.8. The molecule has 2 amide bonds. The molecule has 2 aliphatic rings. The van der Waals surface area contributed by atoms with Crippen LogP contribution in [0.5, 0.6) is 0 Å². The topological polar surface area (TPSA) is 110 Å². The molecule has 0 bridgehead atoms. The van der Waals surface area contributed by atoms with E-state index in [1.165, 1.54) is 4.90 Å². The maximum atomic E-state index is 13.4. The van der Waals surface area contributed by atoms with E-state index >= 15 is 0 Å². The molecule has 0 aliphatic carbocycles. The van der Waals surface area contributed by atoms with Gasteiger partial charge in [-0.25, -0.2) is 4.79 Å². The fourth-order valence-electron chi connectivity index (χ4n) is 5.80. The summed E-state index contributed by atoms with van der Waals surface area (Å²) in [6, 6.07) is 8.38. The third kappa shape index (κ3) is 12.8. The molecule has 0 spiro atoms. The molecule has 0 fully saturated rings. The highest BCUT2D eigenvalue weighted by Crippen LogP contribution is 2.38. The van der Waals surface area contributed by atoms with Gasteiger partial charge in [0, 0.05) is 37.6 Å². The minimum atomic E-state index is -2.20. The normalized spacial score (nSPS) is 17.7. The lowest BCUT2D eigenvalue weighted by Crippen LogP contribution is -2.49. The van der Waals surface area contributed by atoms with E-state index in [0.717, 1.165) is 57.8 Å². The van der Waals surface area contributed by atoms with Crippen LogP contribution in [-0.2, 0) is 18.8 Å². The molecule has 270 valence electrons. The van der Waals surface area contributed by atoms with Gasteiger partial charge < -0.3 is 19.4 Å². The van der Waals surface area contributed by atoms with E-state index in [9.17, 15) is 14.4 Å². The van der Waals surface area contributed by atoms with Crippen LogP contribution in [0.3, 0.4) is 0 Å². The Bertz CT molecular complexity index is 1310. The molecule has 0 saturated heterocycles. The first-order valence-electron chi connectivity index (χ1n) is 18.4. The van der Waals surface area contributed by atoms with Gasteiger partial charge in [0.05, 0.1) is 0 Å². The van der Waals surface area contributed by atoms with Crippen LogP contribution in [0.15, 0.2) is 52.8 Å². The van der Waals surface area contributed by atoms with Crippen LogP contribution in [0.2, 0.25) is 18.1 Å². The molecule has 0 saturated carbocycles. The number of hydrogen-bond acceptors (Lipinski definition) is 7. The number of terminal acetylenes is 1. The van der Waals surface area contributed by atoms with Crippen LogP contribution < -0.4 is 5.32 Å². The zero-order valence-corrected chi connectivity index (χ0v) is 31.8. The predicted molar refractivity (Wildman–Crippen MR) is 197 cm³/mol. The largest absolute Gasteiger partial charge is 0.461 e. The summed E-state index contributed by atoms with van der Waals surface area (Å²) in [4.78, 5) is 41.5. The smallest absolute Gasteiger partial charge is 0.329 e. The molecule has 49 heavy (non-hydrogen) atoms. The average molecular weight is 693 g/mol. The van der Waals surface area contributed by atoms with Gasteiger partial charge in [0.15, 0.2) is 14.0 Å². The van der Waals surface area contributed by atoms with E-state index in [1.807, 2.05) is 24.3 Å². The fourth-order valence-corrected chi connectivity index (χ4v) is 7.09. The number of unbranched alkanes of at least 4 members (excludes halogenated alkanes) is 5. The van der Waals surface area contributed by atoms with E-state index in [2.05, 4.69) is 62.3 Å². The minimum Gasteiger partial charge on any atom is -0.461 e. The van der Waals surface area contributed by atoms with Gasteiger partial charge in [0.1, 0.15) is 18.2 Å². The Balaban J connectivity index is 1.54. The Kier molecular flexibility index (Phi) is 15.7. The van der Waals surface area contributed by atoms with Crippen LogP contribution in [0, 0.1) is 12.3 Å². The zero-order chi connectivity index (χ0) is 35.9. The Labute approximate surface area is 296 Å². The summed E-state index contributed by atoms with van der Waals surface area (Å²) in [5, 5.41) is 11.4. The monoisotopic (exact) mass is 692 g/mol. The minimum absolute atomic E-state index is 0.0262. The van der Waals surface area contributed by atoms with Crippen LogP contribution >= 0.6 is 0 Å². The third-order valence-corrected chi connectivity index (χ3v) is 14.5. The number of benzene rings is 1. The molecular formula is C39H60N4O5Si. The Hall–Kier alpha value is -3.29. The van der Waals surface area contributed by atoms with E-state index in [1.54, 1.807) is 18.3 Å². The second-order valence-electron chi connectivity index (χ2n) is 15.1. The molecule has 0 unspecified atom stereocenters. The molecule has 1 aromatic rings. The van der Waals surface area contributed by atoms with Crippen molar-refractivity contribution >= 4 is 26.1 Å². The maximum Gasteiger partial charge on any atom is 0.329 e. The molecule has 1 N–H and O–H groups in total. The van der Waals surface area contributed by atoms with Gasteiger partial charge in [-0.1, -0.05) is 84.1 Å². The highest BCUT2D eigenvalue weighted by molar-refractivity contribution is 6.74. The van der Waals surface area contributed by atoms with E-state index in [-0.39, 0.29) is 28.9 Å². The van der Waals surface area contributed by atoms with Crippen molar-refractivity contribution in [3.8, 4) is 12.3 Å². The van der Waals surface area contributed by atoms with Gasteiger partial charge in [-0.2, -0.15) is 10.2 Å². The van der Waals surface area contributed by atoms with Crippen LogP contribution in [0.25, 0.3) is 0 Å². The van der Waals surface area contributed by atoms with Crippen LogP contribution in [-0.4, -0.2) is 61.5 Å². The van der Waals surface area contributed by atoms with Crippen molar-refractivity contribution in [1.29, 1.82) is 0 Å². The number of nitrogens with one attached hydrogen (secondary N) is 1. The first-order chi connectivity index (χ1) is 23.3. The van der Waals surface area contributed by atoms with Gasteiger partial charge in [0.2, 0.25) is 5.91 Å². The van der Waals surface area contributed by atoms with E-state index < -0.39 is 26.1 Å². The summed E-state index contributed by atoms with van der Waals surface area (Å²) >= 11 is 0. The van der Waals surface area contributed by atoms with E-state index in [4.69, 9.17) is 15.6 Å². The Morgan fingerprint density at radius 1 is 1.02 bits per heavy atom. The zero-order valence-electron chi connectivity index (χ0n) is 30.8. The van der Waals surface area contributed by atoms with Crippen molar-refractivity contribution in [3.63, 3.8) is 0 Å². The van der Waals surface area contributed by atoms with Gasteiger partial charge in [-0.05, 0) is 68.8 Å². The first kappa shape index (κ1) is 40.1. The molecule has 2 heterocycles. The van der Waals surface area contributed by atoms with Crippen LogP contribution in [0.4, 0.5) is 0 Å². The van der Waals surface area contributed by atoms with Crippen molar-refractivity contribution in [2.75, 3.05) is 6.54 Å². The van der Waals surface area contributed by atoms with Gasteiger partial charge >= 0.3 is 5.97 Å². The molecule has 1 aromatic carbocycles. The number of carbonyl (C=O) groups is 3. The molecular weight excluding hydrogens is 633 g/mol. The van der Waals surface area contributed by atoms with Crippen LogP contribution in [0.1, 0.15) is 128 Å². The highest BCUT2D eigenvalue weighted by Gasteiger charge is 2.42. The SMILES string of the molecule is C#CCCC1(CCNC(=O)[C@@H](CCCCC[C@@H](CCCCCC)OC(=O)[C@@H]2CC=CN2C(=O)c2ccccc2)O[Si](C)(C)C(C)(C)C)N=N1. The first-order valence-corrected chi connectivity index (χ1v) is 21.3. The molecule has 10 heteroatoms. The standard InChI is InChI=1S/C39H60N4O5Si/c1-8-10-12-17-23-32(47-37(46)33-25-20-30-43(33)36(45)31-21-15-13-16-22-31)24-18-14-19-26-34(48-49(6,7)38(3,4)5)35(44)40-29-28-39(41-42-39)27-11-9-2/h2,13,15-16,20-22,30,32-34H,8,10-12,14,17-19,23-29H2,1,3-7H3,(H,40,44)/t32-,33+,34-/m1/s1. The van der Waals surface area contributed by atoms with E-state index in [0.29, 0.717) is 44.2 Å². The lowest BCUT2D eigenvalue weighted by atomic mass is 10.0. The average Bonchev–Trinajstić information content (AvgIpc) is 3.66. The number of carbonyl (C=O) groups excluding carboxylic acids is 3. The van der Waals surface area contributed by atoms with Crippen molar-refractivity contribution < 1.29 is 23.5 Å². The molecule has 2 aliphatic heterocycles.